The fraction of sp³-hybridized carbons (Fsp3) is 0.500. The molecule has 19 heavy (non-hydrogen) atoms. The second-order valence-corrected chi connectivity index (χ2v) is 3.43. The van der Waals surface area contributed by atoms with Crippen LogP contribution in [0.25, 0.3) is 0 Å². The molecule has 0 spiro atoms. The van der Waals surface area contributed by atoms with Gasteiger partial charge >= 0.3 is 12.0 Å². The molecule has 0 unspecified atom stereocenters. The van der Waals surface area contributed by atoms with Crippen molar-refractivity contribution in [3.05, 3.63) is 22.1 Å². The van der Waals surface area contributed by atoms with Gasteiger partial charge in [-0.2, -0.15) is 13.2 Å². The van der Waals surface area contributed by atoms with E-state index >= 15 is 0 Å². The van der Waals surface area contributed by atoms with Crippen molar-refractivity contribution in [3.8, 4) is 0 Å². The number of imidazole rings is 1. The van der Waals surface area contributed by atoms with E-state index in [0.29, 0.717) is 0 Å². The number of hydrogen-bond acceptors (Lipinski definition) is 4. The Balaban J connectivity index is 2.72. The van der Waals surface area contributed by atoms with Gasteiger partial charge in [0, 0.05) is 0 Å². The standard InChI is InChI=1S/C8H8F4N4O3/c9-1-5-7(16(18)19)14-4-15(5)2-6(17)13-3-8(10,11)12/h4H,1-3H2,(H,13,17). The molecule has 0 aliphatic rings. The number of aromatic nitrogens is 2. The van der Waals surface area contributed by atoms with Crippen LogP contribution in [0.15, 0.2) is 6.33 Å². The highest BCUT2D eigenvalue weighted by Gasteiger charge is 2.28. The quantitative estimate of drug-likeness (QED) is 0.495. The Labute approximate surface area is 103 Å². The van der Waals surface area contributed by atoms with E-state index in [4.69, 9.17) is 0 Å². The first kappa shape index (κ1) is 14.9. The molecule has 1 aromatic rings. The van der Waals surface area contributed by atoms with E-state index in [0.717, 1.165) is 10.9 Å². The minimum atomic E-state index is -4.57. The first-order valence-electron chi connectivity index (χ1n) is 4.82. The number of hydrogen-bond donors (Lipinski definition) is 1. The van der Waals surface area contributed by atoms with E-state index in [-0.39, 0.29) is 0 Å². The maximum atomic E-state index is 12.6. The molecule has 106 valence electrons. The predicted octanol–water partition coefficient (Wildman–Crippen LogP) is 0.939. The largest absolute Gasteiger partial charge is 0.405 e. The van der Waals surface area contributed by atoms with Gasteiger partial charge in [-0.1, -0.05) is 0 Å². The lowest BCUT2D eigenvalue weighted by Crippen LogP contribution is -2.35. The predicted molar refractivity (Wildman–Crippen MR) is 52.8 cm³/mol. The third-order valence-corrected chi connectivity index (χ3v) is 2.02. The van der Waals surface area contributed by atoms with E-state index in [1.165, 1.54) is 0 Å². The van der Waals surface area contributed by atoms with Crippen LogP contribution in [-0.4, -0.2) is 33.1 Å². The van der Waals surface area contributed by atoms with Gasteiger partial charge in [-0.05, 0) is 9.91 Å². The maximum absolute atomic E-state index is 12.6. The summed E-state index contributed by atoms with van der Waals surface area (Å²) in [6, 6.07) is 0. The van der Waals surface area contributed by atoms with Crippen molar-refractivity contribution >= 4 is 11.7 Å². The zero-order valence-electron chi connectivity index (χ0n) is 9.28. The molecule has 0 aromatic carbocycles. The van der Waals surface area contributed by atoms with Crippen LogP contribution in [0.4, 0.5) is 23.4 Å². The van der Waals surface area contributed by atoms with Crippen molar-refractivity contribution in [1.29, 1.82) is 0 Å². The molecule has 0 atom stereocenters. The van der Waals surface area contributed by atoms with Gasteiger partial charge in [-0.25, -0.2) is 4.39 Å². The molecule has 1 heterocycles. The Kier molecular flexibility index (Phi) is 4.40. The summed E-state index contributed by atoms with van der Waals surface area (Å²) in [5, 5.41) is 12.0. The molecule has 0 bridgehead atoms. The Bertz CT molecular complexity index is 485. The van der Waals surface area contributed by atoms with Crippen LogP contribution in [0.5, 0.6) is 0 Å². The SMILES string of the molecule is O=C(Cn1cnc([N+](=O)[O-])c1CF)NCC(F)(F)F. The van der Waals surface area contributed by atoms with Crippen molar-refractivity contribution in [1.82, 2.24) is 14.9 Å². The number of carbonyl (C=O) groups is 1. The molecule has 1 aromatic heterocycles. The molecule has 0 radical (unpaired) electrons. The molecule has 0 aliphatic carbocycles. The summed E-state index contributed by atoms with van der Waals surface area (Å²) in [4.78, 5) is 23.9. The number of nitro groups is 1. The molecule has 0 saturated heterocycles. The average Bonchev–Trinajstić information content (AvgIpc) is 2.68. The van der Waals surface area contributed by atoms with Gasteiger partial charge in [0.2, 0.25) is 12.2 Å². The molecule has 1 N–H and O–H groups in total. The van der Waals surface area contributed by atoms with Gasteiger partial charge in [0.25, 0.3) is 0 Å². The van der Waals surface area contributed by atoms with Crippen LogP contribution in [0, 0.1) is 10.1 Å². The van der Waals surface area contributed by atoms with E-state index in [1.54, 1.807) is 5.32 Å². The molecule has 0 saturated carbocycles. The lowest BCUT2D eigenvalue weighted by Gasteiger charge is -2.08. The summed E-state index contributed by atoms with van der Waals surface area (Å²) in [6.07, 6.45) is -3.75. The molecule has 1 amide bonds. The summed E-state index contributed by atoms with van der Waals surface area (Å²) in [7, 11) is 0. The molecule has 7 nitrogen and oxygen atoms in total. The molecule has 0 fully saturated rings. The van der Waals surface area contributed by atoms with Crippen molar-refractivity contribution in [2.45, 2.75) is 19.4 Å². The summed E-state index contributed by atoms with van der Waals surface area (Å²) in [6.45, 7) is -3.48. The zero-order valence-corrected chi connectivity index (χ0v) is 9.28. The number of alkyl halides is 4. The molecular weight excluding hydrogens is 276 g/mol. The number of nitrogens with zero attached hydrogens (tertiary/aromatic N) is 3. The number of amides is 1. The topological polar surface area (TPSA) is 90.1 Å². The maximum Gasteiger partial charge on any atom is 0.405 e. The Morgan fingerprint density at radius 1 is 1.53 bits per heavy atom. The van der Waals surface area contributed by atoms with Crippen LogP contribution in [-0.2, 0) is 18.0 Å². The number of halogens is 4. The van der Waals surface area contributed by atoms with E-state index in [1.807, 2.05) is 0 Å². The summed E-state index contributed by atoms with van der Waals surface area (Å²) >= 11 is 0. The fourth-order valence-corrected chi connectivity index (χ4v) is 1.23. The first-order chi connectivity index (χ1) is 8.74. The van der Waals surface area contributed by atoms with E-state index < -0.39 is 48.3 Å². The lowest BCUT2D eigenvalue weighted by atomic mass is 10.4. The minimum absolute atomic E-state index is 0.479. The first-order valence-corrected chi connectivity index (χ1v) is 4.82. The minimum Gasteiger partial charge on any atom is -0.358 e. The monoisotopic (exact) mass is 284 g/mol. The highest BCUT2D eigenvalue weighted by atomic mass is 19.4. The molecule has 0 aliphatic heterocycles. The van der Waals surface area contributed by atoms with Gasteiger partial charge < -0.3 is 15.4 Å². The normalized spacial score (nSPS) is 11.4. The summed E-state index contributed by atoms with van der Waals surface area (Å²) < 4.78 is 48.9. The summed E-state index contributed by atoms with van der Waals surface area (Å²) in [5.41, 5.74) is -0.479. The highest BCUT2D eigenvalue weighted by Crippen LogP contribution is 2.17. The van der Waals surface area contributed by atoms with E-state index in [9.17, 15) is 32.5 Å². The van der Waals surface area contributed by atoms with Crippen LogP contribution in [0.1, 0.15) is 5.69 Å². The van der Waals surface area contributed by atoms with Crippen LogP contribution < -0.4 is 5.32 Å². The molecule has 11 heteroatoms. The number of carbonyl (C=O) groups excluding carboxylic acids is 1. The highest BCUT2D eigenvalue weighted by molar-refractivity contribution is 5.75. The van der Waals surface area contributed by atoms with Gasteiger partial charge in [0.05, 0.1) is 0 Å². The van der Waals surface area contributed by atoms with Gasteiger partial charge in [-0.3, -0.25) is 9.36 Å². The van der Waals surface area contributed by atoms with E-state index in [2.05, 4.69) is 4.98 Å². The summed E-state index contributed by atoms with van der Waals surface area (Å²) in [5.74, 6) is -1.83. The van der Waals surface area contributed by atoms with Gasteiger partial charge in [0.15, 0.2) is 5.69 Å². The van der Waals surface area contributed by atoms with Crippen molar-refractivity contribution in [3.63, 3.8) is 0 Å². The fourth-order valence-electron chi connectivity index (χ4n) is 1.23. The lowest BCUT2D eigenvalue weighted by molar-refractivity contribution is -0.390. The van der Waals surface area contributed by atoms with Crippen molar-refractivity contribution in [2.75, 3.05) is 6.54 Å². The third-order valence-electron chi connectivity index (χ3n) is 2.02. The van der Waals surface area contributed by atoms with Crippen LogP contribution >= 0.6 is 0 Å². The molecule has 1 rings (SSSR count). The van der Waals surface area contributed by atoms with Crippen LogP contribution in [0.3, 0.4) is 0 Å². The second kappa shape index (κ2) is 5.63. The van der Waals surface area contributed by atoms with Crippen molar-refractivity contribution < 1.29 is 27.3 Å². The van der Waals surface area contributed by atoms with Crippen LogP contribution in [0.2, 0.25) is 0 Å². The number of rotatable bonds is 5. The Hall–Kier alpha value is -2.20. The third kappa shape index (κ3) is 4.19. The Morgan fingerprint density at radius 3 is 2.63 bits per heavy atom. The zero-order chi connectivity index (χ0) is 14.6. The smallest absolute Gasteiger partial charge is 0.358 e. The number of nitrogens with one attached hydrogen (secondary N) is 1. The van der Waals surface area contributed by atoms with Crippen molar-refractivity contribution in [2.24, 2.45) is 0 Å². The average molecular weight is 284 g/mol. The second-order valence-electron chi connectivity index (χ2n) is 3.43. The van der Waals surface area contributed by atoms with Gasteiger partial charge in [-0.15, -0.1) is 0 Å². The molecular formula is C8H8F4N4O3. The Morgan fingerprint density at radius 2 is 2.16 bits per heavy atom. The van der Waals surface area contributed by atoms with Gasteiger partial charge in [0.1, 0.15) is 19.8 Å².